The molecule has 0 heterocycles. The van der Waals surface area contributed by atoms with Gasteiger partial charge in [-0.05, 0) is 11.6 Å². The van der Waals surface area contributed by atoms with Crippen LogP contribution in [0.1, 0.15) is 0 Å². The third kappa shape index (κ3) is 1.52. The number of hydrogen-bond donors (Lipinski definition) is 1. The fourth-order valence-corrected chi connectivity index (χ4v) is 0.877. The van der Waals surface area contributed by atoms with Crippen LogP contribution >= 0.6 is 11.6 Å². The summed E-state index contributed by atoms with van der Waals surface area (Å²) in [7, 11) is 0. The number of aliphatic hydroxyl groups is 1. The molecule has 2 heteroatoms. The molecule has 0 aromatic carbocycles. The molecule has 0 unspecified atom stereocenters. The van der Waals surface area contributed by atoms with E-state index in [1.807, 2.05) is 24.3 Å². The lowest BCUT2D eigenvalue weighted by atomic mass is 10.3. The number of rotatable bonds is 1. The lowest BCUT2D eigenvalue weighted by molar-refractivity contribution is 0.473. The van der Waals surface area contributed by atoms with Gasteiger partial charge in [-0.1, -0.05) is 35.9 Å². The molecule has 1 aliphatic carbocycles. The van der Waals surface area contributed by atoms with Gasteiger partial charge in [-0.3, -0.25) is 0 Å². The van der Waals surface area contributed by atoms with E-state index in [2.05, 4.69) is 0 Å². The van der Waals surface area contributed by atoms with Crippen molar-refractivity contribution in [1.29, 1.82) is 0 Å². The van der Waals surface area contributed by atoms with E-state index in [4.69, 9.17) is 16.7 Å². The highest BCUT2D eigenvalue weighted by Gasteiger charge is 1.96. The minimum absolute atomic E-state index is 0.549. The van der Waals surface area contributed by atoms with Crippen molar-refractivity contribution in [2.75, 3.05) is 0 Å². The molecule has 0 radical (unpaired) electrons. The van der Waals surface area contributed by atoms with Crippen molar-refractivity contribution in [1.82, 2.24) is 0 Å². The first-order chi connectivity index (χ1) is 4.84. The predicted octanol–water partition coefficient (Wildman–Crippen LogP) is 2.68. The number of allylic oxidation sites excluding steroid dienone is 7. The van der Waals surface area contributed by atoms with E-state index >= 15 is 0 Å². The first-order valence-corrected chi connectivity index (χ1v) is 3.27. The predicted molar refractivity (Wildman–Crippen MR) is 42.9 cm³/mol. The molecule has 0 aromatic rings. The molecule has 1 rings (SSSR count). The molecule has 0 atom stereocenters. The molecule has 0 amide bonds. The number of halogens is 1. The molecule has 0 aromatic heterocycles. The summed E-state index contributed by atoms with van der Waals surface area (Å²) in [6.07, 6.45) is 9.91. The van der Waals surface area contributed by atoms with Crippen molar-refractivity contribution in [3.05, 3.63) is 47.2 Å². The smallest absolute Gasteiger partial charge is 0.0806 e. The molecule has 10 heavy (non-hydrogen) atoms. The average molecular weight is 155 g/mol. The summed E-state index contributed by atoms with van der Waals surface area (Å²) >= 11 is 5.72. The SMILES string of the molecule is OC=CC(Cl)=C1C=CC=C1. The van der Waals surface area contributed by atoms with Crippen LogP contribution in [0.15, 0.2) is 47.2 Å². The van der Waals surface area contributed by atoms with Crippen molar-refractivity contribution in [2.45, 2.75) is 0 Å². The average Bonchev–Trinajstić information content (AvgIpc) is 2.38. The maximum absolute atomic E-state index is 8.35. The molecule has 1 aliphatic rings. The third-order valence-electron chi connectivity index (χ3n) is 1.16. The maximum atomic E-state index is 8.35. The Bertz CT molecular complexity index is 220. The minimum Gasteiger partial charge on any atom is -0.516 e. The summed E-state index contributed by atoms with van der Waals surface area (Å²) in [5, 5.41) is 8.90. The Kier molecular flexibility index (Phi) is 2.35. The van der Waals surface area contributed by atoms with Crippen molar-refractivity contribution < 1.29 is 5.11 Å². The molecule has 0 spiro atoms. The molecule has 0 aliphatic heterocycles. The Morgan fingerprint density at radius 2 is 2.00 bits per heavy atom. The molecular weight excluding hydrogens is 148 g/mol. The van der Waals surface area contributed by atoms with Crippen LogP contribution < -0.4 is 0 Å². The fourth-order valence-electron chi connectivity index (χ4n) is 0.695. The Morgan fingerprint density at radius 3 is 2.50 bits per heavy atom. The Hall–Kier alpha value is -0.950. The normalized spacial score (nSPS) is 15.5. The molecule has 0 saturated heterocycles. The molecule has 0 fully saturated rings. The molecule has 0 bridgehead atoms. The summed E-state index contributed by atoms with van der Waals surface area (Å²) in [6.45, 7) is 0. The van der Waals surface area contributed by atoms with Gasteiger partial charge in [0.25, 0.3) is 0 Å². The first-order valence-electron chi connectivity index (χ1n) is 2.90. The summed E-state index contributed by atoms with van der Waals surface area (Å²) in [4.78, 5) is 0. The highest BCUT2D eigenvalue weighted by atomic mass is 35.5. The highest BCUT2D eigenvalue weighted by Crippen LogP contribution is 2.17. The van der Waals surface area contributed by atoms with Gasteiger partial charge in [0.15, 0.2) is 0 Å². The van der Waals surface area contributed by atoms with E-state index in [1.165, 1.54) is 6.08 Å². The van der Waals surface area contributed by atoms with Gasteiger partial charge in [-0.15, -0.1) is 0 Å². The monoisotopic (exact) mass is 154 g/mol. The maximum Gasteiger partial charge on any atom is 0.0806 e. The lowest BCUT2D eigenvalue weighted by Gasteiger charge is -1.90. The van der Waals surface area contributed by atoms with Crippen LogP contribution in [0.3, 0.4) is 0 Å². The quantitative estimate of drug-likeness (QED) is 0.576. The second-order valence-electron chi connectivity index (χ2n) is 1.84. The lowest BCUT2D eigenvalue weighted by Crippen LogP contribution is -1.70. The zero-order valence-corrected chi connectivity index (χ0v) is 6.05. The van der Waals surface area contributed by atoms with Crippen LogP contribution in [-0.2, 0) is 0 Å². The van der Waals surface area contributed by atoms with Crippen LogP contribution in [-0.4, -0.2) is 5.11 Å². The van der Waals surface area contributed by atoms with Crippen molar-refractivity contribution in [2.24, 2.45) is 0 Å². The number of aliphatic hydroxyl groups excluding tert-OH is 1. The van der Waals surface area contributed by atoms with Crippen LogP contribution in [0.2, 0.25) is 0 Å². The van der Waals surface area contributed by atoms with E-state index in [-0.39, 0.29) is 0 Å². The number of hydrogen-bond acceptors (Lipinski definition) is 1. The fraction of sp³-hybridized carbons (Fsp3) is 0. The van der Waals surface area contributed by atoms with Gasteiger partial charge in [-0.2, -0.15) is 0 Å². The van der Waals surface area contributed by atoms with E-state index in [0.717, 1.165) is 11.8 Å². The van der Waals surface area contributed by atoms with Crippen molar-refractivity contribution in [3.8, 4) is 0 Å². The van der Waals surface area contributed by atoms with Gasteiger partial charge >= 0.3 is 0 Å². The van der Waals surface area contributed by atoms with Gasteiger partial charge in [-0.25, -0.2) is 0 Å². The van der Waals surface area contributed by atoms with Gasteiger partial charge in [0.2, 0.25) is 0 Å². The zero-order chi connectivity index (χ0) is 7.40. The van der Waals surface area contributed by atoms with Gasteiger partial charge in [0, 0.05) is 0 Å². The summed E-state index contributed by atoms with van der Waals surface area (Å²) < 4.78 is 0. The van der Waals surface area contributed by atoms with Crippen LogP contribution in [0.5, 0.6) is 0 Å². The van der Waals surface area contributed by atoms with Gasteiger partial charge in [0.05, 0.1) is 11.3 Å². The molecular formula is C8H7ClO. The van der Waals surface area contributed by atoms with Gasteiger partial charge in [0.1, 0.15) is 0 Å². The van der Waals surface area contributed by atoms with Crippen molar-refractivity contribution in [3.63, 3.8) is 0 Å². The standard InChI is InChI=1S/C8H7ClO/c9-8(5-6-10)7-3-1-2-4-7/h1-6,10H. The second kappa shape index (κ2) is 3.28. The summed E-state index contributed by atoms with van der Waals surface area (Å²) in [5.74, 6) is 0. The topological polar surface area (TPSA) is 20.2 Å². The minimum atomic E-state index is 0.549. The van der Waals surface area contributed by atoms with Crippen LogP contribution in [0, 0.1) is 0 Å². The Balaban J connectivity index is 2.85. The van der Waals surface area contributed by atoms with Crippen LogP contribution in [0.4, 0.5) is 0 Å². The van der Waals surface area contributed by atoms with Crippen LogP contribution in [0.25, 0.3) is 0 Å². The first kappa shape index (κ1) is 7.16. The third-order valence-corrected chi connectivity index (χ3v) is 1.50. The van der Waals surface area contributed by atoms with Gasteiger partial charge < -0.3 is 5.11 Å². The highest BCUT2D eigenvalue weighted by molar-refractivity contribution is 6.32. The second-order valence-corrected chi connectivity index (χ2v) is 2.24. The molecule has 1 nitrogen and oxygen atoms in total. The largest absolute Gasteiger partial charge is 0.516 e. The molecule has 52 valence electrons. The zero-order valence-electron chi connectivity index (χ0n) is 5.29. The summed E-state index contributed by atoms with van der Waals surface area (Å²) in [6, 6.07) is 0. The van der Waals surface area contributed by atoms with E-state index < -0.39 is 0 Å². The summed E-state index contributed by atoms with van der Waals surface area (Å²) in [5.41, 5.74) is 0.923. The molecule has 0 saturated carbocycles. The van der Waals surface area contributed by atoms with E-state index in [9.17, 15) is 0 Å². The van der Waals surface area contributed by atoms with E-state index in [0.29, 0.717) is 5.03 Å². The Morgan fingerprint density at radius 1 is 1.40 bits per heavy atom. The molecule has 1 N–H and O–H groups in total. The Labute approximate surface area is 64.6 Å². The van der Waals surface area contributed by atoms with Crippen molar-refractivity contribution >= 4 is 11.6 Å². The van der Waals surface area contributed by atoms with E-state index in [1.54, 1.807) is 0 Å².